The van der Waals surface area contributed by atoms with Gasteiger partial charge >= 0.3 is 0 Å². The third-order valence-electron chi connectivity index (χ3n) is 4.38. The summed E-state index contributed by atoms with van der Waals surface area (Å²) in [6, 6.07) is 4.52. The third kappa shape index (κ3) is 4.80. The predicted molar refractivity (Wildman–Crippen MR) is 91.4 cm³/mol. The molecule has 6 nitrogen and oxygen atoms in total. The summed E-state index contributed by atoms with van der Waals surface area (Å²) in [5, 5.41) is 3.50. The Labute approximate surface area is 138 Å². The quantitative estimate of drug-likeness (QED) is 0.882. The molecule has 3 N–H and O–H groups in total. The monoisotopic (exact) mass is 320 g/mol. The van der Waals surface area contributed by atoms with Crippen LogP contribution in [-0.2, 0) is 16.0 Å². The molecular formula is C17H28N4O2. The van der Waals surface area contributed by atoms with Gasteiger partial charge in [-0.2, -0.15) is 0 Å². The minimum atomic E-state index is 0.276. The molecule has 2 fully saturated rings. The smallest absolute Gasteiger partial charge is 0.128 e. The van der Waals surface area contributed by atoms with Crippen molar-refractivity contribution in [3.8, 4) is 0 Å². The molecule has 0 radical (unpaired) electrons. The summed E-state index contributed by atoms with van der Waals surface area (Å²) < 4.78 is 11.2. The van der Waals surface area contributed by atoms with E-state index in [0.717, 1.165) is 51.5 Å². The maximum Gasteiger partial charge on any atom is 0.128 e. The van der Waals surface area contributed by atoms with Gasteiger partial charge < -0.3 is 20.5 Å². The Bertz CT molecular complexity index is 509. The molecule has 2 aliphatic rings. The molecular weight excluding hydrogens is 292 g/mol. The van der Waals surface area contributed by atoms with Crippen LogP contribution in [0.1, 0.15) is 32.3 Å². The fourth-order valence-corrected chi connectivity index (χ4v) is 3.50. The molecule has 0 amide bonds. The lowest BCUT2D eigenvalue weighted by Gasteiger charge is -2.35. The second kappa shape index (κ2) is 7.47. The molecule has 2 saturated heterocycles. The molecule has 1 aromatic heterocycles. The molecule has 0 spiro atoms. The summed E-state index contributed by atoms with van der Waals surface area (Å²) in [4.78, 5) is 6.86. The van der Waals surface area contributed by atoms with E-state index in [1.54, 1.807) is 0 Å². The van der Waals surface area contributed by atoms with Gasteiger partial charge in [0.05, 0.1) is 12.2 Å². The topological polar surface area (TPSA) is 72.6 Å². The zero-order chi connectivity index (χ0) is 16.2. The minimum Gasteiger partial charge on any atom is -0.384 e. The van der Waals surface area contributed by atoms with Crippen LogP contribution in [0.15, 0.2) is 12.1 Å². The lowest BCUT2D eigenvalue weighted by Crippen LogP contribution is -2.44. The van der Waals surface area contributed by atoms with Gasteiger partial charge in [0.2, 0.25) is 0 Å². The minimum absolute atomic E-state index is 0.276. The maximum absolute atomic E-state index is 6.01. The van der Waals surface area contributed by atoms with Gasteiger partial charge in [-0.15, -0.1) is 0 Å². The Balaban J connectivity index is 1.64. The number of aromatic nitrogens is 1. The van der Waals surface area contributed by atoms with Crippen LogP contribution in [0.25, 0.3) is 0 Å². The molecule has 2 atom stereocenters. The van der Waals surface area contributed by atoms with Crippen LogP contribution in [0.5, 0.6) is 0 Å². The van der Waals surface area contributed by atoms with Crippen molar-refractivity contribution in [1.82, 2.24) is 9.88 Å². The molecule has 3 rings (SSSR count). The molecule has 0 bridgehead atoms. The van der Waals surface area contributed by atoms with Crippen LogP contribution in [0.3, 0.4) is 0 Å². The average molecular weight is 320 g/mol. The zero-order valence-corrected chi connectivity index (χ0v) is 14.1. The summed E-state index contributed by atoms with van der Waals surface area (Å²) >= 11 is 0. The molecule has 6 heteroatoms. The third-order valence-corrected chi connectivity index (χ3v) is 4.38. The van der Waals surface area contributed by atoms with Crippen molar-refractivity contribution in [3.05, 3.63) is 17.7 Å². The van der Waals surface area contributed by atoms with Gasteiger partial charge in [-0.05, 0) is 44.4 Å². The van der Waals surface area contributed by atoms with E-state index in [9.17, 15) is 0 Å². The average Bonchev–Trinajstić information content (AvgIpc) is 2.46. The van der Waals surface area contributed by atoms with Gasteiger partial charge in [-0.1, -0.05) is 0 Å². The largest absolute Gasteiger partial charge is 0.384 e. The van der Waals surface area contributed by atoms with E-state index in [0.29, 0.717) is 11.9 Å². The van der Waals surface area contributed by atoms with Gasteiger partial charge in [0.15, 0.2) is 0 Å². The second-order valence-electron chi connectivity index (χ2n) is 6.77. The number of hydrogen-bond acceptors (Lipinski definition) is 6. The van der Waals surface area contributed by atoms with Crippen molar-refractivity contribution < 1.29 is 9.47 Å². The summed E-state index contributed by atoms with van der Waals surface area (Å²) in [6.07, 6.45) is 2.59. The van der Waals surface area contributed by atoms with Crippen LogP contribution in [0.2, 0.25) is 0 Å². The summed E-state index contributed by atoms with van der Waals surface area (Å²) in [6.45, 7) is 8.67. The number of nitrogen functional groups attached to an aromatic ring is 1. The van der Waals surface area contributed by atoms with E-state index in [2.05, 4.69) is 35.1 Å². The first-order valence-corrected chi connectivity index (χ1v) is 8.57. The SMILES string of the molecule is C[C@@H]1CN(Cc2cc(N)nc(NC3CCOCC3)c2)C[C@H](C)O1. The Kier molecular flexibility index (Phi) is 5.35. The number of nitrogens with two attached hydrogens (primary N) is 1. The van der Waals surface area contributed by atoms with Crippen molar-refractivity contribution in [2.75, 3.05) is 37.4 Å². The highest BCUT2D eigenvalue weighted by atomic mass is 16.5. The molecule has 2 aliphatic heterocycles. The van der Waals surface area contributed by atoms with E-state index < -0.39 is 0 Å². The first kappa shape index (κ1) is 16.5. The molecule has 0 aromatic carbocycles. The second-order valence-corrected chi connectivity index (χ2v) is 6.77. The number of nitrogens with zero attached hydrogens (tertiary/aromatic N) is 2. The summed E-state index contributed by atoms with van der Waals surface area (Å²) in [5.74, 6) is 1.45. The van der Waals surface area contributed by atoms with Crippen LogP contribution in [-0.4, -0.2) is 54.4 Å². The van der Waals surface area contributed by atoms with Gasteiger partial charge in [0.25, 0.3) is 0 Å². The van der Waals surface area contributed by atoms with Gasteiger partial charge in [-0.25, -0.2) is 4.98 Å². The van der Waals surface area contributed by atoms with Crippen LogP contribution in [0.4, 0.5) is 11.6 Å². The van der Waals surface area contributed by atoms with Crippen LogP contribution < -0.4 is 11.1 Å². The standard InChI is InChI=1S/C17H28N4O2/c1-12-9-21(10-13(2)23-12)11-14-7-16(18)20-17(8-14)19-15-3-5-22-6-4-15/h7-8,12-13,15H,3-6,9-11H2,1-2H3,(H3,18,19,20)/t12-,13+. The number of hydrogen-bond donors (Lipinski definition) is 2. The lowest BCUT2D eigenvalue weighted by molar-refractivity contribution is -0.0704. The molecule has 1 aromatic rings. The Morgan fingerprint density at radius 3 is 2.61 bits per heavy atom. The zero-order valence-electron chi connectivity index (χ0n) is 14.1. The molecule has 0 unspecified atom stereocenters. The number of rotatable bonds is 4. The highest BCUT2D eigenvalue weighted by Crippen LogP contribution is 2.20. The van der Waals surface area contributed by atoms with Crippen molar-refractivity contribution in [1.29, 1.82) is 0 Å². The van der Waals surface area contributed by atoms with Crippen LogP contribution in [0, 0.1) is 0 Å². The predicted octanol–water partition coefficient (Wildman–Crippen LogP) is 1.86. The van der Waals surface area contributed by atoms with Crippen LogP contribution >= 0.6 is 0 Å². The number of ether oxygens (including phenoxy) is 2. The highest BCUT2D eigenvalue weighted by Gasteiger charge is 2.22. The Morgan fingerprint density at radius 1 is 1.22 bits per heavy atom. The number of anilines is 2. The van der Waals surface area contributed by atoms with Crippen molar-refractivity contribution >= 4 is 11.6 Å². The van der Waals surface area contributed by atoms with E-state index in [1.165, 1.54) is 5.56 Å². The van der Waals surface area contributed by atoms with E-state index in [-0.39, 0.29) is 12.2 Å². The lowest BCUT2D eigenvalue weighted by atomic mass is 10.1. The molecule has 3 heterocycles. The summed E-state index contributed by atoms with van der Waals surface area (Å²) in [5.41, 5.74) is 7.21. The van der Waals surface area contributed by atoms with E-state index >= 15 is 0 Å². The Morgan fingerprint density at radius 2 is 1.91 bits per heavy atom. The Hall–Kier alpha value is -1.37. The maximum atomic E-state index is 6.01. The first-order chi connectivity index (χ1) is 11.1. The fraction of sp³-hybridized carbons (Fsp3) is 0.706. The molecule has 0 aliphatic carbocycles. The van der Waals surface area contributed by atoms with E-state index in [4.69, 9.17) is 15.2 Å². The van der Waals surface area contributed by atoms with Gasteiger partial charge in [-0.3, -0.25) is 4.90 Å². The number of nitrogens with one attached hydrogen (secondary N) is 1. The normalized spacial score (nSPS) is 27.0. The number of pyridine rings is 1. The molecule has 0 saturated carbocycles. The molecule has 23 heavy (non-hydrogen) atoms. The fourth-order valence-electron chi connectivity index (χ4n) is 3.50. The summed E-state index contributed by atoms with van der Waals surface area (Å²) in [7, 11) is 0. The van der Waals surface area contributed by atoms with Crippen molar-refractivity contribution in [3.63, 3.8) is 0 Å². The molecule has 128 valence electrons. The van der Waals surface area contributed by atoms with Gasteiger partial charge in [0.1, 0.15) is 11.6 Å². The van der Waals surface area contributed by atoms with E-state index in [1.807, 2.05) is 6.07 Å². The van der Waals surface area contributed by atoms with Crippen molar-refractivity contribution in [2.24, 2.45) is 0 Å². The van der Waals surface area contributed by atoms with Crippen molar-refractivity contribution in [2.45, 2.75) is 51.5 Å². The first-order valence-electron chi connectivity index (χ1n) is 8.57. The van der Waals surface area contributed by atoms with Gasteiger partial charge in [0, 0.05) is 38.9 Å². The number of morpholine rings is 1. The highest BCUT2D eigenvalue weighted by molar-refractivity contribution is 5.47.